The smallest absolute Gasteiger partial charge is 0.408 e. The van der Waals surface area contributed by atoms with Crippen molar-refractivity contribution in [2.24, 2.45) is 0 Å². The Morgan fingerprint density at radius 3 is 2.53 bits per heavy atom. The zero-order valence-corrected chi connectivity index (χ0v) is 19.5. The largest absolute Gasteiger partial charge is 0.505 e. The third kappa shape index (κ3) is 5.08. The van der Waals surface area contributed by atoms with Crippen LogP contribution in [0.4, 0.5) is 13.6 Å². The lowest BCUT2D eigenvalue weighted by molar-refractivity contribution is 0.0507. The van der Waals surface area contributed by atoms with Gasteiger partial charge in [0.15, 0.2) is 17.3 Å². The molecule has 2 aromatic carbocycles. The fourth-order valence-corrected chi connectivity index (χ4v) is 3.49. The topological polar surface area (TPSA) is 97.8 Å². The van der Waals surface area contributed by atoms with E-state index in [0.29, 0.717) is 17.4 Å². The van der Waals surface area contributed by atoms with E-state index in [-0.39, 0.29) is 17.0 Å². The van der Waals surface area contributed by atoms with Gasteiger partial charge in [-0.3, -0.25) is 4.79 Å². The number of halogens is 2. The number of fused-ring (bicyclic) bond motifs is 1. The van der Waals surface area contributed by atoms with Gasteiger partial charge < -0.3 is 19.9 Å². The average molecular weight is 472 g/mol. The van der Waals surface area contributed by atoms with E-state index in [0.717, 1.165) is 6.07 Å². The quantitative estimate of drug-likeness (QED) is 0.464. The van der Waals surface area contributed by atoms with E-state index in [1.807, 2.05) is 0 Å². The highest BCUT2D eigenvalue weighted by Crippen LogP contribution is 2.34. The first-order valence-electron chi connectivity index (χ1n) is 10.7. The van der Waals surface area contributed by atoms with Gasteiger partial charge >= 0.3 is 6.09 Å². The molecule has 9 heteroatoms. The number of benzene rings is 2. The predicted molar refractivity (Wildman–Crippen MR) is 122 cm³/mol. The van der Waals surface area contributed by atoms with E-state index in [4.69, 9.17) is 9.47 Å². The lowest BCUT2D eigenvalue weighted by Crippen LogP contribution is -2.34. The minimum Gasteiger partial charge on any atom is -0.505 e. The van der Waals surface area contributed by atoms with Gasteiger partial charge in [-0.2, -0.15) is 0 Å². The normalized spacial score (nSPS) is 12.3. The van der Waals surface area contributed by atoms with Crippen LogP contribution in [-0.4, -0.2) is 34.2 Å². The first kappa shape index (κ1) is 24.9. The Bertz CT molecular complexity index is 1250. The highest BCUT2D eigenvalue weighted by molar-refractivity contribution is 6.17. The van der Waals surface area contributed by atoms with Crippen molar-refractivity contribution in [2.75, 3.05) is 6.61 Å². The van der Waals surface area contributed by atoms with Crippen molar-refractivity contribution in [3.8, 4) is 11.6 Å². The van der Waals surface area contributed by atoms with Crippen LogP contribution >= 0.6 is 0 Å². The first-order chi connectivity index (χ1) is 15.9. The van der Waals surface area contributed by atoms with Crippen LogP contribution in [0.15, 0.2) is 36.5 Å². The molecular weight excluding hydrogens is 446 g/mol. The summed E-state index contributed by atoms with van der Waals surface area (Å²) in [5.41, 5.74) is -1.91. The predicted octanol–water partition coefficient (Wildman–Crippen LogP) is 5.43. The monoisotopic (exact) mass is 472 g/mol. The molecule has 1 heterocycles. The van der Waals surface area contributed by atoms with E-state index in [2.05, 4.69) is 10.3 Å². The number of alkyl carbamates (subject to hydrolysis) is 1. The van der Waals surface area contributed by atoms with E-state index in [9.17, 15) is 14.7 Å². The number of phenols is 1. The zero-order valence-electron chi connectivity index (χ0n) is 19.5. The molecule has 1 aromatic heterocycles. The van der Waals surface area contributed by atoms with Gasteiger partial charge in [0.1, 0.15) is 11.4 Å². The van der Waals surface area contributed by atoms with Gasteiger partial charge in [0, 0.05) is 22.7 Å². The molecule has 1 unspecified atom stereocenters. The molecule has 180 valence electrons. The lowest BCUT2D eigenvalue weighted by Gasteiger charge is -2.23. The molecule has 3 aromatic rings. The standard InChI is InChI=1S/C25H26F2N2O5/c1-6-33-23-16-9-7-8-15(14(16)10-11-28-23)21(30)19-18(26)12-17(22(31)20(19)27)13(2)29-24(32)34-25(3,4)5/h7-13,31H,6H2,1-5H3,(H,29,32). The number of aromatic hydroxyl groups is 1. The highest BCUT2D eigenvalue weighted by Gasteiger charge is 2.28. The number of phenolic OH excluding ortho intramolecular Hbond substituents is 1. The van der Waals surface area contributed by atoms with Crippen molar-refractivity contribution in [1.29, 1.82) is 0 Å². The minimum absolute atomic E-state index is 0.0192. The molecule has 34 heavy (non-hydrogen) atoms. The molecule has 0 aliphatic heterocycles. The fraction of sp³-hybridized carbons (Fsp3) is 0.320. The van der Waals surface area contributed by atoms with E-state index in [1.165, 1.54) is 19.2 Å². The van der Waals surface area contributed by atoms with Crippen molar-refractivity contribution in [3.05, 3.63) is 64.9 Å². The number of aromatic nitrogens is 1. The Hall–Kier alpha value is -3.75. The molecule has 0 fully saturated rings. The van der Waals surface area contributed by atoms with Gasteiger partial charge in [-0.15, -0.1) is 0 Å². The molecule has 3 rings (SSSR count). The van der Waals surface area contributed by atoms with E-state index < -0.39 is 46.5 Å². The van der Waals surface area contributed by atoms with Gasteiger partial charge in [0.2, 0.25) is 5.88 Å². The molecule has 1 atom stereocenters. The third-order valence-electron chi connectivity index (χ3n) is 4.94. The number of carbonyl (C=O) groups is 2. The second-order valence-electron chi connectivity index (χ2n) is 8.63. The highest BCUT2D eigenvalue weighted by atomic mass is 19.1. The van der Waals surface area contributed by atoms with Crippen molar-refractivity contribution in [1.82, 2.24) is 10.3 Å². The van der Waals surface area contributed by atoms with Crippen LogP contribution in [0.3, 0.4) is 0 Å². The van der Waals surface area contributed by atoms with Crippen LogP contribution in [0.1, 0.15) is 62.1 Å². The molecule has 2 N–H and O–H groups in total. The van der Waals surface area contributed by atoms with Crippen molar-refractivity contribution in [2.45, 2.75) is 46.3 Å². The maximum Gasteiger partial charge on any atom is 0.408 e. The Kier molecular flexibility index (Phi) is 7.04. The van der Waals surface area contributed by atoms with Gasteiger partial charge in [-0.25, -0.2) is 18.6 Å². The number of nitrogens with one attached hydrogen (secondary N) is 1. The minimum atomic E-state index is -1.42. The van der Waals surface area contributed by atoms with Gasteiger partial charge in [-0.1, -0.05) is 12.1 Å². The molecule has 0 spiro atoms. The summed E-state index contributed by atoms with van der Waals surface area (Å²) in [6.07, 6.45) is 0.608. The van der Waals surface area contributed by atoms with E-state index in [1.54, 1.807) is 45.9 Å². The van der Waals surface area contributed by atoms with Crippen LogP contribution in [0.5, 0.6) is 11.6 Å². The van der Waals surface area contributed by atoms with Crippen molar-refractivity contribution < 1.29 is 33.0 Å². The van der Waals surface area contributed by atoms with Gasteiger partial charge in [0.25, 0.3) is 0 Å². The molecule has 0 aliphatic rings. The summed E-state index contributed by atoms with van der Waals surface area (Å²) in [7, 11) is 0. The Balaban J connectivity index is 2.01. The number of ether oxygens (including phenoxy) is 2. The second kappa shape index (κ2) is 9.62. The van der Waals surface area contributed by atoms with Crippen LogP contribution in [0.2, 0.25) is 0 Å². The molecule has 0 saturated heterocycles. The maximum absolute atomic E-state index is 15.1. The number of rotatable bonds is 6. The Morgan fingerprint density at radius 1 is 1.18 bits per heavy atom. The Labute approximate surface area is 195 Å². The lowest BCUT2D eigenvalue weighted by atomic mass is 9.95. The van der Waals surface area contributed by atoms with Crippen LogP contribution in [0, 0.1) is 11.6 Å². The molecule has 0 saturated carbocycles. The summed E-state index contributed by atoms with van der Waals surface area (Å²) in [6.45, 7) is 8.54. The second-order valence-corrected chi connectivity index (χ2v) is 8.63. The number of carbonyl (C=O) groups excluding carboxylic acids is 2. The summed E-state index contributed by atoms with van der Waals surface area (Å²) in [5, 5.41) is 13.7. The SMILES string of the molecule is CCOc1nccc2c(C(=O)c3c(F)cc(C(C)NC(=O)OC(C)(C)C)c(O)c3F)cccc12. The summed E-state index contributed by atoms with van der Waals surface area (Å²) in [5.74, 6) is -4.21. The molecule has 1 amide bonds. The Morgan fingerprint density at radius 2 is 1.88 bits per heavy atom. The average Bonchev–Trinajstić information content (AvgIpc) is 2.74. The molecule has 0 radical (unpaired) electrons. The van der Waals surface area contributed by atoms with Crippen molar-refractivity contribution >= 4 is 22.6 Å². The number of hydrogen-bond acceptors (Lipinski definition) is 6. The number of hydrogen-bond donors (Lipinski definition) is 2. The summed E-state index contributed by atoms with van der Waals surface area (Å²) < 4.78 is 40.8. The van der Waals surface area contributed by atoms with Gasteiger partial charge in [-0.05, 0) is 58.2 Å². The van der Waals surface area contributed by atoms with E-state index >= 15 is 8.78 Å². The number of pyridine rings is 1. The van der Waals surface area contributed by atoms with Crippen LogP contribution < -0.4 is 10.1 Å². The summed E-state index contributed by atoms with van der Waals surface area (Å²) in [6, 6.07) is 6.03. The number of amides is 1. The number of ketones is 1. The molecule has 0 aliphatic carbocycles. The van der Waals surface area contributed by atoms with Crippen LogP contribution in [0.25, 0.3) is 10.8 Å². The third-order valence-corrected chi connectivity index (χ3v) is 4.94. The maximum atomic E-state index is 15.1. The summed E-state index contributed by atoms with van der Waals surface area (Å²) >= 11 is 0. The fourth-order valence-electron chi connectivity index (χ4n) is 3.49. The van der Waals surface area contributed by atoms with Gasteiger partial charge in [0.05, 0.1) is 18.2 Å². The molecule has 7 nitrogen and oxygen atoms in total. The molecule has 0 bridgehead atoms. The number of nitrogens with zero attached hydrogens (tertiary/aromatic N) is 1. The van der Waals surface area contributed by atoms with Crippen LogP contribution in [-0.2, 0) is 4.74 Å². The first-order valence-corrected chi connectivity index (χ1v) is 10.7. The van der Waals surface area contributed by atoms with Crippen molar-refractivity contribution in [3.63, 3.8) is 0 Å². The zero-order chi connectivity index (χ0) is 25.2. The molecular formula is C25H26F2N2O5. The summed E-state index contributed by atoms with van der Waals surface area (Å²) in [4.78, 5) is 29.3.